The SMILES string of the molecule is CCOc1ccc(C(=S)NCc2ccc(C)cc2)cc1OC. The van der Waals surface area contributed by atoms with E-state index in [1.165, 1.54) is 11.1 Å². The lowest BCUT2D eigenvalue weighted by Crippen LogP contribution is -2.21. The van der Waals surface area contributed by atoms with Gasteiger partial charge in [0, 0.05) is 12.1 Å². The van der Waals surface area contributed by atoms with Gasteiger partial charge in [0.25, 0.3) is 0 Å². The van der Waals surface area contributed by atoms with Crippen LogP contribution in [-0.2, 0) is 6.54 Å². The van der Waals surface area contributed by atoms with Crippen LogP contribution in [0.3, 0.4) is 0 Å². The molecule has 0 spiro atoms. The molecule has 0 atom stereocenters. The van der Waals surface area contributed by atoms with Crippen LogP contribution in [0.1, 0.15) is 23.6 Å². The van der Waals surface area contributed by atoms with Crippen LogP contribution in [0.2, 0.25) is 0 Å². The molecule has 0 saturated carbocycles. The molecule has 0 saturated heterocycles. The van der Waals surface area contributed by atoms with Crippen molar-refractivity contribution < 1.29 is 9.47 Å². The van der Waals surface area contributed by atoms with E-state index in [4.69, 9.17) is 21.7 Å². The molecule has 2 aromatic rings. The fraction of sp³-hybridized carbons (Fsp3) is 0.278. The van der Waals surface area contributed by atoms with Gasteiger partial charge in [0.15, 0.2) is 11.5 Å². The Morgan fingerprint density at radius 3 is 2.45 bits per heavy atom. The van der Waals surface area contributed by atoms with Crippen molar-refractivity contribution in [3.05, 3.63) is 59.2 Å². The number of thiocarbonyl (C=S) groups is 1. The molecule has 0 bridgehead atoms. The number of methoxy groups -OCH3 is 1. The van der Waals surface area contributed by atoms with Gasteiger partial charge in [0.2, 0.25) is 0 Å². The second kappa shape index (κ2) is 7.80. The summed E-state index contributed by atoms with van der Waals surface area (Å²) in [7, 11) is 1.63. The van der Waals surface area contributed by atoms with Gasteiger partial charge in [-0.2, -0.15) is 0 Å². The van der Waals surface area contributed by atoms with Crippen molar-refractivity contribution >= 4 is 17.2 Å². The van der Waals surface area contributed by atoms with Crippen LogP contribution in [0.25, 0.3) is 0 Å². The molecule has 0 heterocycles. The highest BCUT2D eigenvalue weighted by atomic mass is 32.1. The minimum atomic E-state index is 0.603. The minimum Gasteiger partial charge on any atom is -0.493 e. The van der Waals surface area contributed by atoms with E-state index in [-0.39, 0.29) is 0 Å². The number of benzene rings is 2. The maximum absolute atomic E-state index is 5.51. The highest BCUT2D eigenvalue weighted by molar-refractivity contribution is 7.80. The van der Waals surface area contributed by atoms with Gasteiger partial charge >= 0.3 is 0 Å². The highest BCUT2D eigenvalue weighted by Gasteiger charge is 2.08. The van der Waals surface area contributed by atoms with Crippen molar-refractivity contribution in [1.29, 1.82) is 0 Å². The monoisotopic (exact) mass is 315 g/mol. The molecule has 1 N–H and O–H groups in total. The first-order valence-corrected chi connectivity index (χ1v) is 7.69. The van der Waals surface area contributed by atoms with Gasteiger partial charge in [-0.05, 0) is 37.6 Å². The first-order chi connectivity index (χ1) is 10.6. The van der Waals surface area contributed by atoms with E-state index >= 15 is 0 Å². The Morgan fingerprint density at radius 2 is 1.82 bits per heavy atom. The predicted molar refractivity (Wildman–Crippen MR) is 93.9 cm³/mol. The molecular weight excluding hydrogens is 294 g/mol. The Morgan fingerprint density at radius 1 is 1.09 bits per heavy atom. The smallest absolute Gasteiger partial charge is 0.161 e. The second-order valence-corrected chi connectivity index (χ2v) is 5.38. The molecule has 116 valence electrons. The summed E-state index contributed by atoms with van der Waals surface area (Å²) >= 11 is 5.45. The molecule has 3 nitrogen and oxygen atoms in total. The van der Waals surface area contributed by atoms with Crippen molar-refractivity contribution in [2.75, 3.05) is 13.7 Å². The Balaban J connectivity index is 2.04. The van der Waals surface area contributed by atoms with Gasteiger partial charge in [-0.15, -0.1) is 0 Å². The first-order valence-electron chi connectivity index (χ1n) is 7.28. The Bertz CT molecular complexity index is 638. The molecule has 2 aromatic carbocycles. The molecule has 0 unspecified atom stereocenters. The molecule has 0 aromatic heterocycles. The lowest BCUT2D eigenvalue weighted by Gasteiger charge is -2.13. The Labute approximate surface area is 137 Å². The Kier molecular flexibility index (Phi) is 5.78. The summed E-state index contributed by atoms with van der Waals surface area (Å²) in [6.45, 7) is 5.33. The fourth-order valence-corrected chi connectivity index (χ4v) is 2.27. The largest absolute Gasteiger partial charge is 0.493 e. The molecule has 0 fully saturated rings. The maximum Gasteiger partial charge on any atom is 0.161 e. The molecule has 2 rings (SSSR count). The molecule has 0 amide bonds. The third-order valence-electron chi connectivity index (χ3n) is 3.30. The van der Waals surface area contributed by atoms with E-state index in [1.54, 1.807) is 7.11 Å². The average molecular weight is 315 g/mol. The van der Waals surface area contributed by atoms with Gasteiger partial charge in [-0.3, -0.25) is 0 Å². The van der Waals surface area contributed by atoms with E-state index in [9.17, 15) is 0 Å². The molecule has 22 heavy (non-hydrogen) atoms. The van der Waals surface area contributed by atoms with E-state index in [1.807, 2.05) is 25.1 Å². The number of rotatable bonds is 6. The summed E-state index contributed by atoms with van der Waals surface area (Å²) in [5.41, 5.74) is 3.37. The molecule has 0 aliphatic rings. The number of aryl methyl sites for hydroxylation is 1. The minimum absolute atomic E-state index is 0.603. The molecule has 0 radical (unpaired) electrons. The summed E-state index contributed by atoms with van der Waals surface area (Å²) in [5, 5.41) is 3.27. The van der Waals surface area contributed by atoms with Gasteiger partial charge in [0.1, 0.15) is 4.99 Å². The summed E-state index contributed by atoms with van der Waals surface area (Å²) in [4.78, 5) is 0.696. The first kappa shape index (κ1) is 16.3. The number of hydrogen-bond donors (Lipinski definition) is 1. The van der Waals surface area contributed by atoms with Crippen LogP contribution in [0.5, 0.6) is 11.5 Å². The summed E-state index contributed by atoms with van der Waals surface area (Å²) < 4.78 is 10.9. The number of nitrogens with one attached hydrogen (secondary N) is 1. The van der Waals surface area contributed by atoms with Crippen molar-refractivity contribution in [3.63, 3.8) is 0 Å². The summed E-state index contributed by atoms with van der Waals surface area (Å²) in [6.07, 6.45) is 0. The standard InChI is InChI=1S/C18H21NO2S/c1-4-21-16-10-9-15(11-17(16)20-3)18(22)19-12-14-7-5-13(2)6-8-14/h5-11H,4,12H2,1-3H3,(H,19,22). The predicted octanol–water partition coefficient (Wildman–Crippen LogP) is 3.87. The van der Waals surface area contributed by atoms with Crippen molar-refractivity contribution in [2.24, 2.45) is 0 Å². The van der Waals surface area contributed by atoms with Crippen molar-refractivity contribution in [3.8, 4) is 11.5 Å². The third-order valence-corrected chi connectivity index (χ3v) is 3.68. The zero-order valence-corrected chi connectivity index (χ0v) is 14.0. The van der Waals surface area contributed by atoms with Gasteiger partial charge in [-0.1, -0.05) is 42.0 Å². The molecule has 4 heteroatoms. The van der Waals surface area contributed by atoms with Crippen LogP contribution >= 0.6 is 12.2 Å². The van der Waals surface area contributed by atoms with Gasteiger partial charge < -0.3 is 14.8 Å². The van der Waals surface area contributed by atoms with Gasteiger partial charge in [-0.25, -0.2) is 0 Å². The quantitative estimate of drug-likeness (QED) is 0.820. The zero-order chi connectivity index (χ0) is 15.9. The summed E-state index contributed by atoms with van der Waals surface area (Å²) in [5.74, 6) is 1.42. The van der Waals surface area contributed by atoms with Crippen LogP contribution in [0.4, 0.5) is 0 Å². The maximum atomic E-state index is 5.51. The van der Waals surface area contributed by atoms with Crippen LogP contribution in [0, 0.1) is 6.92 Å². The molecule has 0 aliphatic heterocycles. The lowest BCUT2D eigenvalue weighted by atomic mass is 10.1. The Hall–Kier alpha value is -2.07. The van der Waals surface area contributed by atoms with E-state index in [0.29, 0.717) is 23.9 Å². The third kappa shape index (κ3) is 4.21. The second-order valence-electron chi connectivity index (χ2n) is 4.97. The lowest BCUT2D eigenvalue weighted by molar-refractivity contribution is 0.311. The zero-order valence-electron chi connectivity index (χ0n) is 13.2. The van der Waals surface area contributed by atoms with Crippen LogP contribution in [0.15, 0.2) is 42.5 Å². The highest BCUT2D eigenvalue weighted by Crippen LogP contribution is 2.28. The fourth-order valence-electron chi connectivity index (χ4n) is 2.07. The number of hydrogen-bond acceptors (Lipinski definition) is 3. The molecule has 0 aliphatic carbocycles. The van der Waals surface area contributed by atoms with Crippen molar-refractivity contribution in [1.82, 2.24) is 5.32 Å². The van der Waals surface area contributed by atoms with Crippen LogP contribution < -0.4 is 14.8 Å². The van der Waals surface area contributed by atoms with E-state index in [2.05, 4.69) is 36.5 Å². The number of ether oxygens (including phenoxy) is 2. The van der Waals surface area contributed by atoms with Crippen LogP contribution in [-0.4, -0.2) is 18.7 Å². The molecular formula is C18H21NO2S. The summed E-state index contributed by atoms with van der Waals surface area (Å²) in [6, 6.07) is 14.1. The topological polar surface area (TPSA) is 30.5 Å². The van der Waals surface area contributed by atoms with E-state index < -0.39 is 0 Å². The van der Waals surface area contributed by atoms with E-state index in [0.717, 1.165) is 11.3 Å². The normalized spacial score (nSPS) is 10.1. The van der Waals surface area contributed by atoms with Gasteiger partial charge in [0.05, 0.1) is 13.7 Å². The average Bonchev–Trinajstić information content (AvgIpc) is 2.54. The van der Waals surface area contributed by atoms with Crippen molar-refractivity contribution in [2.45, 2.75) is 20.4 Å².